The molecule has 5 nitrogen and oxygen atoms in total. The van der Waals surface area contributed by atoms with Crippen molar-refractivity contribution in [2.75, 3.05) is 6.61 Å². The number of fused-ring (bicyclic) bond motifs is 2. The minimum absolute atomic E-state index is 0.0135. The Morgan fingerprint density at radius 1 is 1.32 bits per heavy atom. The highest BCUT2D eigenvalue weighted by Crippen LogP contribution is 2.30. The molecule has 0 aliphatic heterocycles. The Bertz CT molecular complexity index is 963. The summed E-state index contributed by atoms with van der Waals surface area (Å²) in [5, 5.41) is 8.58. The van der Waals surface area contributed by atoms with Gasteiger partial charge in [-0.15, -0.1) is 0 Å². The third kappa shape index (κ3) is 2.37. The highest BCUT2D eigenvalue weighted by Gasteiger charge is 2.15. The van der Waals surface area contributed by atoms with Crippen molar-refractivity contribution in [2.45, 2.75) is 0 Å². The van der Waals surface area contributed by atoms with E-state index in [9.17, 15) is 14.0 Å². The Morgan fingerprint density at radius 3 is 2.82 bits per heavy atom. The predicted octanol–water partition coefficient (Wildman–Crippen LogP) is 3.20. The van der Waals surface area contributed by atoms with E-state index in [4.69, 9.17) is 25.9 Å². The number of carboxylic acids is 1. The molecule has 0 saturated heterocycles. The van der Waals surface area contributed by atoms with E-state index in [-0.39, 0.29) is 32.7 Å². The van der Waals surface area contributed by atoms with Crippen LogP contribution in [-0.2, 0) is 4.79 Å². The normalized spacial score (nSPS) is 11.0. The second-order valence-corrected chi connectivity index (χ2v) is 4.91. The molecule has 3 rings (SSSR count). The summed E-state index contributed by atoms with van der Waals surface area (Å²) < 4.78 is 24.3. The largest absolute Gasteiger partial charge is 0.480 e. The molecule has 0 radical (unpaired) electrons. The van der Waals surface area contributed by atoms with Crippen molar-refractivity contribution in [2.24, 2.45) is 0 Å². The quantitative estimate of drug-likeness (QED) is 0.749. The van der Waals surface area contributed by atoms with Gasteiger partial charge in [0.05, 0.1) is 10.4 Å². The van der Waals surface area contributed by atoms with Crippen LogP contribution in [0.25, 0.3) is 21.9 Å². The molecule has 3 aromatic rings. The van der Waals surface area contributed by atoms with Crippen LogP contribution in [0.5, 0.6) is 5.75 Å². The van der Waals surface area contributed by atoms with Crippen LogP contribution >= 0.6 is 11.6 Å². The van der Waals surface area contributed by atoms with E-state index in [0.717, 1.165) is 6.07 Å². The summed E-state index contributed by atoms with van der Waals surface area (Å²) >= 11 is 5.97. The van der Waals surface area contributed by atoms with Crippen LogP contribution in [0.3, 0.4) is 0 Å². The zero-order valence-corrected chi connectivity index (χ0v) is 11.7. The van der Waals surface area contributed by atoms with Crippen LogP contribution < -0.4 is 10.2 Å². The lowest BCUT2D eigenvalue weighted by molar-refractivity contribution is -0.139. The van der Waals surface area contributed by atoms with Gasteiger partial charge in [-0.3, -0.25) is 4.79 Å². The highest BCUT2D eigenvalue weighted by atomic mass is 35.5. The van der Waals surface area contributed by atoms with Gasteiger partial charge in [0.2, 0.25) is 5.43 Å². The first-order chi connectivity index (χ1) is 10.5. The van der Waals surface area contributed by atoms with E-state index < -0.39 is 23.8 Å². The number of hydrogen-bond donors (Lipinski definition) is 1. The van der Waals surface area contributed by atoms with E-state index in [1.54, 1.807) is 0 Å². The van der Waals surface area contributed by atoms with Gasteiger partial charge in [-0.25, -0.2) is 9.18 Å². The molecule has 1 N–H and O–H groups in total. The Balaban J connectivity index is 2.28. The number of hydrogen-bond acceptors (Lipinski definition) is 4. The first-order valence-electron chi connectivity index (χ1n) is 6.16. The summed E-state index contributed by atoms with van der Waals surface area (Å²) in [5.41, 5.74) is -0.310. The SMILES string of the molecule is O=C(O)COc1cc2c(=O)c3c(F)cccc3oc2cc1Cl. The molecule has 0 bridgehead atoms. The monoisotopic (exact) mass is 322 g/mol. The fraction of sp³-hybridized carbons (Fsp3) is 0.0667. The lowest BCUT2D eigenvalue weighted by Gasteiger charge is -2.08. The fourth-order valence-electron chi connectivity index (χ4n) is 2.11. The molecule has 22 heavy (non-hydrogen) atoms. The highest BCUT2D eigenvalue weighted by molar-refractivity contribution is 6.32. The smallest absolute Gasteiger partial charge is 0.341 e. The standard InChI is InChI=1S/C15H8ClFO5/c16-8-5-11-7(4-12(8)21-6-13(18)19)15(20)14-9(17)2-1-3-10(14)22-11/h1-5H,6H2,(H,18,19). The van der Waals surface area contributed by atoms with Crippen LogP contribution in [0.1, 0.15) is 0 Å². The summed E-state index contributed by atoms with van der Waals surface area (Å²) in [6.45, 7) is -0.613. The van der Waals surface area contributed by atoms with E-state index in [1.165, 1.54) is 24.3 Å². The number of carboxylic acid groups (broad SMARTS) is 1. The van der Waals surface area contributed by atoms with Gasteiger partial charge in [0.25, 0.3) is 0 Å². The molecular formula is C15H8ClFO5. The Hall–Kier alpha value is -2.60. The lowest BCUT2D eigenvalue weighted by atomic mass is 10.1. The number of ether oxygens (including phenoxy) is 1. The number of aliphatic carboxylic acids is 1. The van der Waals surface area contributed by atoms with Crippen molar-refractivity contribution < 1.29 is 23.4 Å². The van der Waals surface area contributed by atoms with Gasteiger partial charge in [-0.1, -0.05) is 17.7 Å². The van der Waals surface area contributed by atoms with Gasteiger partial charge in [0.15, 0.2) is 6.61 Å². The average molecular weight is 323 g/mol. The number of halogens is 2. The topological polar surface area (TPSA) is 76.7 Å². The molecular weight excluding hydrogens is 315 g/mol. The zero-order chi connectivity index (χ0) is 15.9. The van der Waals surface area contributed by atoms with E-state index >= 15 is 0 Å². The van der Waals surface area contributed by atoms with Crippen molar-refractivity contribution >= 4 is 39.5 Å². The molecule has 0 spiro atoms. The van der Waals surface area contributed by atoms with Crippen molar-refractivity contribution in [3.8, 4) is 5.75 Å². The minimum atomic E-state index is -1.19. The van der Waals surface area contributed by atoms with Gasteiger partial charge in [0, 0.05) is 6.07 Å². The van der Waals surface area contributed by atoms with Crippen molar-refractivity contribution in [1.29, 1.82) is 0 Å². The van der Waals surface area contributed by atoms with Crippen LogP contribution in [0.4, 0.5) is 4.39 Å². The molecule has 0 amide bonds. The molecule has 0 saturated carbocycles. The van der Waals surface area contributed by atoms with Gasteiger partial charge in [0.1, 0.15) is 28.1 Å². The third-order valence-corrected chi connectivity index (χ3v) is 3.35. The summed E-state index contributed by atoms with van der Waals surface area (Å²) in [5.74, 6) is -1.87. The number of rotatable bonds is 3. The minimum Gasteiger partial charge on any atom is -0.480 e. The number of benzene rings is 2. The maximum absolute atomic E-state index is 13.8. The van der Waals surface area contributed by atoms with E-state index in [1.807, 2.05) is 0 Å². The second-order valence-electron chi connectivity index (χ2n) is 4.51. The predicted molar refractivity (Wildman–Crippen MR) is 78.1 cm³/mol. The summed E-state index contributed by atoms with van der Waals surface area (Å²) in [6, 6.07) is 6.64. The van der Waals surface area contributed by atoms with E-state index in [2.05, 4.69) is 0 Å². The summed E-state index contributed by atoms with van der Waals surface area (Å²) in [6.07, 6.45) is 0. The summed E-state index contributed by atoms with van der Waals surface area (Å²) in [4.78, 5) is 22.9. The van der Waals surface area contributed by atoms with Crippen molar-refractivity contribution in [3.63, 3.8) is 0 Å². The number of carbonyl (C=O) groups is 1. The van der Waals surface area contributed by atoms with Gasteiger partial charge in [-0.2, -0.15) is 0 Å². The Kier molecular flexibility index (Phi) is 3.46. The van der Waals surface area contributed by atoms with Gasteiger partial charge >= 0.3 is 5.97 Å². The maximum Gasteiger partial charge on any atom is 0.341 e. The molecule has 0 atom stereocenters. The molecule has 0 aliphatic carbocycles. The maximum atomic E-state index is 13.8. The molecule has 2 aromatic carbocycles. The van der Waals surface area contributed by atoms with Crippen LogP contribution in [0, 0.1) is 5.82 Å². The molecule has 0 aliphatic rings. The Labute approximate surface area is 127 Å². The van der Waals surface area contributed by atoms with Crippen LogP contribution in [0.15, 0.2) is 39.5 Å². The van der Waals surface area contributed by atoms with Crippen molar-refractivity contribution in [1.82, 2.24) is 0 Å². The molecule has 0 unspecified atom stereocenters. The van der Waals surface area contributed by atoms with E-state index in [0.29, 0.717) is 0 Å². The van der Waals surface area contributed by atoms with Gasteiger partial charge in [-0.05, 0) is 18.2 Å². The molecule has 112 valence electrons. The van der Waals surface area contributed by atoms with Crippen LogP contribution in [0.2, 0.25) is 5.02 Å². The van der Waals surface area contributed by atoms with Crippen molar-refractivity contribution in [3.05, 3.63) is 51.4 Å². The third-order valence-electron chi connectivity index (χ3n) is 3.05. The molecule has 1 heterocycles. The summed E-state index contributed by atoms with van der Waals surface area (Å²) in [7, 11) is 0. The molecule has 0 fully saturated rings. The zero-order valence-electron chi connectivity index (χ0n) is 10.9. The Morgan fingerprint density at radius 2 is 2.09 bits per heavy atom. The molecule has 7 heteroatoms. The van der Waals surface area contributed by atoms with Gasteiger partial charge < -0.3 is 14.3 Å². The first kappa shape index (κ1) is 14.3. The molecule has 1 aromatic heterocycles. The lowest BCUT2D eigenvalue weighted by Crippen LogP contribution is -2.10. The first-order valence-corrected chi connectivity index (χ1v) is 6.54. The fourth-order valence-corrected chi connectivity index (χ4v) is 2.32. The van der Waals surface area contributed by atoms with Crippen LogP contribution in [-0.4, -0.2) is 17.7 Å². The average Bonchev–Trinajstić information content (AvgIpc) is 2.45. The second kappa shape index (κ2) is 5.31.